The molecule has 228 valence electrons. The van der Waals surface area contributed by atoms with Crippen LogP contribution < -0.4 is 0 Å². The maximum absolute atomic E-state index is 13.5. The molecule has 3 heterocycles. The number of carbonyl (C=O) groups is 1. The highest BCUT2D eigenvalue weighted by atomic mass is 32.1. The number of aryl methyl sites for hydroxylation is 3. The lowest BCUT2D eigenvalue weighted by Crippen LogP contribution is -2.41. The molecular weight excluding hydrogens is 559 g/mol. The maximum Gasteiger partial charge on any atom is 0.435 e. The summed E-state index contributed by atoms with van der Waals surface area (Å²) >= 11 is 1.59. The molecule has 1 aliphatic carbocycles. The number of halogens is 3. The Kier molecular flexibility index (Phi) is 9.72. The van der Waals surface area contributed by atoms with Crippen molar-refractivity contribution in [1.29, 1.82) is 0 Å². The van der Waals surface area contributed by atoms with Crippen LogP contribution in [-0.2, 0) is 19.1 Å². The van der Waals surface area contributed by atoms with Gasteiger partial charge in [-0.3, -0.25) is 9.48 Å². The van der Waals surface area contributed by atoms with E-state index in [4.69, 9.17) is 4.98 Å². The molecule has 1 aromatic carbocycles. The molecule has 0 N–H and O–H groups in total. The first-order chi connectivity index (χ1) is 20.2. The van der Waals surface area contributed by atoms with Gasteiger partial charge in [-0.15, -0.1) is 11.3 Å². The second kappa shape index (κ2) is 13.3. The lowest BCUT2D eigenvalue weighted by molar-refractivity contribution is -0.141. The predicted molar refractivity (Wildman–Crippen MR) is 160 cm³/mol. The van der Waals surface area contributed by atoms with Crippen LogP contribution in [0.4, 0.5) is 13.2 Å². The molecular formula is C32H42F3N5OS. The number of alkyl halides is 3. The fraction of sp³-hybridized carbons (Fsp3) is 0.594. The van der Waals surface area contributed by atoms with Crippen molar-refractivity contribution >= 4 is 17.2 Å². The Balaban J connectivity index is 1.18. The molecule has 1 aliphatic heterocycles. The van der Waals surface area contributed by atoms with Crippen LogP contribution in [0.5, 0.6) is 0 Å². The number of carbonyl (C=O) groups excluding carboxylic acids is 1. The monoisotopic (exact) mass is 601 g/mol. The van der Waals surface area contributed by atoms with Gasteiger partial charge in [0.15, 0.2) is 5.69 Å². The van der Waals surface area contributed by atoms with E-state index in [1.165, 1.54) is 15.8 Å². The molecule has 1 fully saturated rings. The van der Waals surface area contributed by atoms with Gasteiger partial charge in [0.2, 0.25) is 0 Å². The topological polar surface area (TPSA) is 54.3 Å². The maximum atomic E-state index is 13.5. The number of likely N-dealkylation sites (tertiary alicyclic amines) is 1. The zero-order chi connectivity index (χ0) is 29.9. The fourth-order valence-corrected chi connectivity index (χ4v) is 7.60. The van der Waals surface area contributed by atoms with Crippen molar-refractivity contribution in [2.24, 2.45) is 0 Å². The summed E-state index contributed by atoms with van der Waals surface area (Å²) in [5.41, 5.74) is 2.85. The largest absolute Gasteiger partial charge is 0.435 e. The van der Waals surface area contributed by atoms with Crippen LogP contribution in [0, 0.1) is 6.92 Å². The first-order valence-electron chi connectivity index (χ1n) is 15.3. The number of fused-ring (bicyclic) bond motifs is 1. The van der Waals surface area contributed by atoms with Gasteiger partial charge in [-0.2, -0.15) is 18.3 Å². The van der Waals surface area contributed by atoms with E-state index in [2.05, 4.69) is 41.2 Å². The molecule has 1 unspecified atom stereocenters. The standard InChI is InChI=1S/C32H42F3N5OS/c1-4-5-11-25(16-19-40-22(2)20-29(37-40)32(33,34)35)39-17-14-24(15-18-39)30-36-27(21-42-30)31(41)38(3)28-13-8-10-23-9-6-7-12-26(23)28/h6-7,9,12,20-21,24-25,28H,4-5,8,10-11,13-19H2,1-3H3/t25?,28-/m0/s1. The Morgan fingerprint density at radius 1 is 1.17 bits per heavy atom. The second-order valence-corrected chi connectivity index (χ2v) is 12.8. The van der Waals surface area contributed by atoms with Crippen LogP contribution in [0.25, 0.3) is 0 Å². The van der Waals surface area contributed by atoms with Gasteiger partial charge in [0.25, 0.3) is 5.91 Å². The highest BCUT2D eigenvalue weighted by Crippen LogP contribution is 2.36. The third kappa shape index (κ3) is 6.91. The van der Waals surface area contributed by atoms with Gasteiger partial charge in [0.05, 0.1) is 11.0 Å². The van der Waals surface area contributed by atoms with E-state index < -0.39 is 11.9 Å². The Morgan fingerprint density at radius 3 is 2.64 bits per heavy atom. The molecule has 10 heteroatoms. The molecule has 5 rings (SSSR count). The van der Waals surface area contributed by atoms with Gasteiger partial charge in [-0.25, -0.2) is 4.98 Å². The van der Waals surface area contributed by atoms with Crippen molar-refractivity contribution in [1.82, 2.24) is 24.6 Å². The third-order valence-electron chi connectivity index (χ3n) is 9.10. The Morgan fingerprint density at radius 2 is 1.93 bits per heavy atom. The Labute approximate surface area is 250 Å². The van der Waals surface area contributed by atoms with Crippen molar-refractivity contribution in [2.45, 2.75) is 102 Å². The number of thiazole rings is 1. The summed E-state index contributed by atoms with van der Waals surface area (Å²) < 4.78 is 40.9. The summed E-state index contributed by atoms with van der Waals surface area (Å²) in [4.78, 5) is 22.7. The van der Waals surface area contributed by atoms with Crippen molar-refractivity contribution in [3.63, 3.8) is 0 Å². The van der Waals surface area contributed by atoms with Gasteiger partial charge in [-0.1, -0.05) is 44.0 Å². The number of nitrogens with zero attached hydrogens (tertiary/aromatic N) is 5. The van der Waals surface area contributed by atoms with Crippen LogP contribution >= 0.6 is 11.3 Å². The average Bonchev–Trinajstić information content (AvgIpc) is 3.64. The molecule has 2 atom stereocenters. The number of rotatable bonds is 10. The number of aromatic nitrogens is 3. The second-order valence-electron chi connectivity index (χ2n) is 11.9. The number of piperidine rings is 1. The summed E-state index contributed by atoms with van der Waals surface area (Å²) in [5, 5.41) is 6.79. The van der Waals surface area contributed by atoms with E-state index in [9.17, 15) is 18.0 Å². The lowest BCUT2D eigenvalue weighted by atomic mass is 9.87. The predicted octanol–water partition coefficient (Wildman–Crippen LogP) is 7.64. The van der Waals surface area contributed by atoms with Gasteiger partial charge in [0, 0.05) is 36.6 Å². The summed E-state index contributed by atoms with van der Waals surface area (Å²) in [6.45, 7) is 6.18. The van der Waals surface area contributed by atoms with Crippen molar-refractivity contribution in [3.8, 4) is 0 Å². The molecule has 0 bridgehead atoms. The SMILES string of the molecule is CCCCC(CCn1nc(C(F)(F)F)cc1C)N1CCC(c2nc(C(=O)N(C)[C@H]3CCCc4ccccc43)cs2)CC1. The van der Waals surface area contributed by atoms with Crippen molar-refractivity contribution in [3.05, 3.63) is 68.9 Å². The first kappa shape index (κ1) is 30.7. The van der Waals surface area contributed by atoms with E-state index in [1.807, 2.05) is 17.3 Å². The summed E-state index contributed by atoms with van der Waals surface area (Å²) in [7, 11) is 1.90. The van der Waals surface area contributed by atoms with E-state index >= 15 is 0 Å². The van der Waals surface area contributed by atoms with Crippen LogP contribution in [0.2, 0.25) is 0 Å². The van der Waals surface area contributed by atoms with Gasteiger partial charge < -0.3 is 9.80 Å². The normalized spacial score (nSPS) is 19.0. The van der Waals surface area contributed by atoms with E-state index in [0.29, 0.717) is 29.9 Å². The molecule has 3 aromatic rings. The van der Waals surface area contributed by atoms with Crippen LogP contribution in [0.1, 0.15) is 108 Å². The van der Waals surface area contributed by atoms with Crippen molar-refractivity contribution < 1.29 is 18.0 Å². The molecule has 2 aliphatic rings. The van der Waals surface area contributed by atoms with Gasteiger partial charge in [-0.05, 0) is 82.2 Å². The van der Waals surface area contributed by atoms with Gasteiger partial charge >= 0.3 is 6.18 Å². The fourth-order valence-electron chi connectivity index (χ4n) is 6.63. The van der Waals surface area contributed by atoms with Crippen LogP contribution in [-0.4, -0.2) is 56.7 Å². The van der Waals surface area contributed by atoms with Gasteiger partial charge in [0.1, 0.15) is 5.69 Å². The number of hydrogen-bond donors (Lipinski definition) is 0. The summed E-state index contributed by atoms with van der Waals surface area (Å²) in [6, 6.07) is 9.96. The number of benzene rings is 1. The third-order valence-corrected chi connectivity index (χ3v) is 10.1. The van der Waals surface area contributed by atoms with E-state index in [1.54, 1.807) is 18.3 Å². The smallest absolute Gasteiger partial charge is 0.333 e. The molecule has 2 aromatic heterocycles. The minimum Gasteiger partial charge on any atom is -0.333 e. The Bertz CT molecular complexity index is 1340. The van der Waals surface area contributed by atoms with Crippen LogP contribution in [0.15, 0.2) is 35.7 Å². The number of unbranched alkanes of at least 4 members (excludes halogenated alkanes) is 1. The highest BCUT2D eigenvalue weighted by Gasteiger charge is 2.35. The summed E-state index contributed by atoms with van der Waals surface area (Å²) in [6.07, 6.45) is 4.61. The zero-order valence-electron chi connectivity index (χ0n) is 24.9. The van der Waals surface area contributed by atoms with Crippen LogP contribution in [0.3, 0.4) is 0 Å². The molecule has 42 heavy (non-hydrogen) atoms. The lowest BCUT2D eigenvalue weighted by Gasteiger charge is -2.37. The average molecular weight is 602 g/mol. The molecule has 1 saturated heterocycles. The van der Waals surface area contributed by atoms with E-state index in [-0.39, 0.29) is 11.9 Å². The Hall–Kier alpha value is -2.72. The number of amides is 1. The molecule has 0 spiro atoms. The minimum atomic E-state index is -4.42. The quantitative estimate of drug-likeness (QED) is 0.240. The molecule has 0 radical (unpaired) electrons. The van der Waals surface area contributed by atoms with E-state index in [0.717, 1.165) is 82.0 Å². The molecule has 1 amide bonds. The zero-order valence-corrected chi connectivity index (χ0v) is 25.7. The number of hydrogen-bond acceptors (Lipinski definition) is 5. The molecule has 6 nitrogen and oxygen atoms in total. The highest BCUT2D eigenvalue weighted by molar-refractivity contribution is 7.09. The minimum absolute atomic E-state index is 0.0149. The molecule has 0 saturated carbocycles. The van der Waals surface area contributed by atoms with Crippen molar-refractivity contribution in [2.75, 3.05) is 20.1 Å². The first-order valence-corrected chi connectivity index (χ1v) is 16.2. The summed E-state index contributed by atoms with van der Waals surface area (Å²) in [5.74, 6) is 0.307.